The monoisotopic (exact) mass is 392 g/mol. The molecule has 1 fully saturated rings. The Kier molecular flexibility index (Phi) is 9.89. The number of benzene rings is 1. The number of hydrogen-bond acceptors (Lipinski definition) is 4. The summed E-state index contributed by atoms with van der Waals surface area (Å²) in [5.41, 5.74) is 1.96. The number of β-amino-alcohol motifs (C(OH)–C–C–N with tert-alkyl or cyclic N) is 1. The quantitative estimate of drug-likeness (QED) is 0.449. The number of halogens is 1. The van der Waals surface area contributed by atoms with Gasteiger partial charge >= 0.3 is 0 Å². The molecule has 1 aromatic rings. The van der Waals surface area contributed by atoms with Crippen molar-refractivity contribution in [2.45, 2.75) is 52.1 Å². The zero-order chi connectivity index (χ0) is 19.5. The summed E-state index contributed by atoms with van der Waals surface area (Å²) in [5, 5.41) is 15.2. The van der Waals surface area contributed by atoms with Gasteiger partial charge in [-0.3, -0.25) is 0 Å². The molecule has 1 aliphatic heterocycles. The number of oxime groups is 1. The molecule has 1 unspecified atom stereocenters. The normalized spacial score (nSPS) is 17.6. The van der Waals surface area contributed by atoms with E-state index in [2.05, 4.69) is 23.9 Å². The maximum absolute atomic E-state index is 10.2. The van der Waals surface area contributed by atoms with Gasteiger partial charge in [0.15, 0.2) is 0 Å². The lowest BCUT2D eigenvalue weighted by atomic mass is 10.0. The molecule has 0 amide bonds. The van der Waals surface area contributed by atoms with Gasteiger partial charge in [-0.15, -0.1) is 0 Å². The van der Waals surface area contributed by atoms with Crippen LogP contribution in [0.25, 0.3) is 6.08 Å². The Morgan fingerprint density at radius 3 is 2.59 bits per heavy atom. The van der Waals surface area contributed by atoms with Crippen LogP contribution in [0.3, 0.4) is 0 Å². The number of likely N-dealkylation sites (tertiary alicyclic amines) is 1. The van der Waals surface area contributed by atoms with Crippen LogP contribution in [0.2, 0.25) is 5.02 Å². The molecular weight excluding hydrogens is 360 g/mol. The summed E-state index contributed by atoms with van der Waals surface area (Å²) in [4.78, 5) is 7.78. The molecule has 0 aromatic heterocycles. The Hall–Kier alpha value is -1.36. The largest absolute Gasteiger partial charge is 0.393 e. The number of rotatable bonds is 10. The van der Waals surface area contributed by atoms with Crippen LogP contribution in [0.1, 0.15) is 51.5 Å². The molecule has 2 rings (SSSR count). The fourth-order valence-corrected chi connectivity index (χ4v) is 3.19. The number of hydrogen-bond donors (Lipinski definition) is 1. The van der Waals surface area contributed by atoms with Gasteiger partial charge in [-0.2, -0.15) is 0 Å². The Bertz CT molecular complexity index is 593. The van der Waals surface area contributed by atoms with Gasteiger partial charge in [-0.05, 0) is 68.5 Å². The predicted molar refractivity (Wildman–Crippen MR) is 114 cm³/mol. The van der Waals surface area contributed by atoms with Crippen molar-refractivity contribution in [3.8, 4) is 0 Å². The third-order valence-electron chi connectivity index (χ3n) is 4.68. The fourth-order valence-electron chi connectivity index (χ4n) is 3.06. The summed E-state index contributed by atoms with van der Waals surface area (Å²) in [7, 11) is 0. The van der Waals surface area contributed by atoms with Crippen LogP contribution in [-0.4, -0.2) is 48.1 Å². The molecule has 1 atom stereocenters. The van der Waals surface area contributed by atoms with E-state index in [9.17, 15) is 5.11 Å². The van der Waals surface area contributed by atoms with Crippen LogP contribution in [0.4, 0.5) is 0 Å². The van der Waals surface area contributed by atoms with Crippen molar-refractivity contribution in [3.05, 3.63) is 40.9 Å². The number of nitrogens with zero attached hydrogens (tertiary/aromatic N) is 2. The minimum Gasteiger partial charge on any atom is -0.393 e. The summed E-state index contributed by atoms with van der Waals surface area (Å²) >= 11 is 5.93. The topological polar surface area (TPSA) is 45.1 Å². The molecule has 1 N–H and O–H groups in total. The second-order valence-corrected chi connectivity index (χ2v) is 8.15. The van der Waals surface area contributed by atoms with E-state index in [-0.39, 0.29) is 6.61 Å². The highest BCUT2D eigenvalue weighted by atomic mass is 35.5. The molecule has 1 aromatic carbocycles. The maximum atomic E-state index is 10.2. The molecule has 0 saturated carbocycles. The number of aliphatic hydroxyl groups is 1. The molecule has 1 aliphatic rings. The SMILES string of the molecule is CC(C)CCC(/C=C/c1ccc(Cl)cc1)=N\OCC(O)CN1CCCCC1. The molecule has 0 radical (unpaired) electrons. The standard InChI is InChI=1S/C22H33ClN2O2/c1-18(2)6-12-21(13-9-19-7-10-20(23)11-8-19)24-27-17-22(26)16-25-14-4-3-5-15-25/h7-11,13,18,22,26H,3-6,12,14-17H2,1-2H3/b13-9+,24-21+. The molecule has 0 spiro atoms. The van der Waals surface area contributed by atoms with Crippen molar-refractivity contribution in [3.63, 3.8) is 0 Å². The van der Waals surface area contributed by atoms with Gasteiger partial charge in [-0.25, -0.2) is 0 Å². The first-order valence-electron chi connectivity index (χ1n) is 10.1. The van der Waals surface area contributed by atoms with Crippen LogP contribution in [0.5, 0.6) is 0 Å². The lowest BCUT2D eigenvalue weighted by molar-refractivity contribution is 0.0157. The first kappa shape index (κ1) is 21.9. The van der Waals surface area contributed by atoms with Crippen molar-refractivity contribution in [1.82, 2.24) is 4.90 Å². The van der Waals surface area contributed by atoms with E-state index in [0.29, 0.717) is 12.5 Å². The number of piperidine rings is 1. The van der Waals surface area contributed by atoms with Crippen LogP contribution in [0, 0.1) is 5.92 Å². The highest BCUT2D eigenvalue weighted by Crippen LogP contribution is 2.13. The smallest absolute Gasteiger partial charge is 0.144 e. The predicted octanol–water partition coefficient (Wildman–Crippen LogP) is 5.01. The number of aliphatic hydroxyl groups excluding tert-OH is 1. The summed E-state index contributed by atoms with van der Waals surface area (Å²) in [5.74, 6) is 0.601. The summed E-state index contributed by atoms with van der Waals surface area (Å²) in [6, 6.07) is 7.70. The first-order chi connectivity index (χ1) is 13.0. The van der Waals surface area contributed by atoms with Gasteiger partial charge in [0.25, 0.3) is 0 Å². The summed E-state index contributed by atoms with van der Waals surface area (Å²) in [6.45, 7) is 7.44. The van der Waals surface area contributed by atoms with E-state index < -0.39 is 6.10 Å². The van der Waals surface area contributed by atoms with Crippen molar-refractivity contribution >= 4 is 23.4 Å². The van der Waals surface area contributed by atoms with E-state index in [1.54, 1.807) is 0 Å². The second kappa shape index (κ2) is 12.2. The van der Waals surface area contributed by atoms with Crippen molar-refractivity contribution in [2.24, 2.45) is 11.1 Å². The van der Waals surface area contributed by atoms with Gasteiger partial charge in [0, 0.05) is 11.6 Å². The van der Waals surface area contributed by atoms with E-state index in [1.165, 1.54) is 19.3 Å². The third-order valence-corrected chi connectivity index (χ3v) is 4.93. The van der Waals surface area contributed by atoms with Crippen molar-refractivity contribution in [1.29, 1.82) is 0 Å². The summed E-state index contributed by atoms with van der Waals surface area (Å²) in [6.07, 6.45) is 9.14. The Morgan fingerprint density at radius 1 is 1.22 bits per heavy atom. The van der Waals surface area contributed by atoms with Crippen LogP contribution in [-0.2, 0) is 4.84 Å². The maximum Gasteiger partial charge on any atom is 0.144 e. The van der Waals surface area contributed by atoms with E-state index in [1.807, 2.05) is 36.4 Å². The average molecular weight is 393 g/mol. The molecule has 4 nitrogen and oxygen atoms in total. The highest BCUT2D eigenvalue weighted by molar-refractivity contribution is 6.30. The van der Waals surface area contributed by atoms with E-state index >= 15 is 0 Å². The van der Waals surface area contributed by atoms with E-state index in [0.717, 1.165) is 42.2 Å². The molecule has 150 valence electrons. The van der Waals surface area contributed by atoms with Gasteiger partial charge < -0.3 is 14.8 Å². The van der Waals surface area contributed by atoms with Crippen LogP contribution >= 0.6 is 11.6 Å². The molecular formula is C22H33ClN2O2. The fraction of sp³-hybridized carbons (Fsp3) is 0.591. The van der Waals surface area contributed by atoms with E-state index in [4.69, 9.17) is 16.4 Å². The summed E-state index contributed by atoms with van der Waals surface area (Å²) < 4.78 is 0. The van der Waals surface area contributed by atoms with Gasteiger partial charge in [0.1, 0.15) is 12.7 Å². The van der Waals surface area contributed by atoms with Gasteiger partial charge in [0.2, 0.25) is 0 Å². The Balaban J connectivity index is 1.86. The zero-order valence-electron chi connectivity index (χ0n) is 16.6. The van der Waals surface area contributed by atoms with Crippen molar-refractivity contribution in [2.75, 3.05) is 26.2 Å². The average Bonchev–Trinajstić information content (AvgIpc) is 2.65. The lowest BCUT2D eigenvalue weighted by Gasteiger charge is -2.27. The minimum atomic E-state index is -0.501. The molecule has 0 aliphatic carbocycles. The Labute approximate surface area is 168 Å². The highest BCUT2D eigenvalue weighted by Gasteiger charge is 2.15. The van der Waals surface area contributed by atoms with Crippen molar-refractivity contribution < 1.29 is 9.94 Å². The van der Waals surface area contributed by atoms with Crippen LogP contribution < -0.4 is 0 Å². The first-order valence-corrected chi connectivity index (χ1v) is 10.4. The molecule has 27 heavy (non-hydrogen) atoms. The van der Waals surface area contributed by atoms with Gasteiger partial charge in [-0.1, -0.05) is 55.2 Å². The Morgan fingerprint density at radius 2 is 1.93 bits per heavy atom. The number of allylic oxidation sites excluding steroid dienone is 1. The lowest BCUT2D eigenvalue weighted by Crippen LogP contribution is -2.38. The third kappa shape index (κ3) is 9.41. The zero-order valence-corrected chi connectivity index (χ0v) is 17.4. The van der Waals surface area contributed by atoms with Gasteiger partial charge in [0.05, 0.1) is 5.71 Å². The molecule has 5 heteroatoms. The minimum absolute atomic E-state index is 0.233. The van der Waals surface area contributed by atoms with Crippen LogP contribution in [0.15, 0.2) is 35.5 Å². The second-order valence-electron chi connectivity index (χ2n) is 7.71. The molecule has 1 heterocycles. The molecule has 0 bridgehead atoms. The molecule has 1 saturated heterocycles.